The lowest BCUT2D eigenvalue weighted by atomic mass is 10.0. The number of para-hydroxylation sites is 1. The van der Waals surface area contributed by atoms with Gasteiger partial charge in [0.25, 0.3) is 5.91 Å². The number of nitrogens with zero attached hydrogens (tertiary/aromatic N) is 2. The number of piperidine rings is 1. The summed E-state index contributed by atoms with van der Waals surface area (Å²) in [6, 6.07) is 15.9. The molecule has 1 aromatic heterocycles. The Morgan fingerprint density at radius 3 is 2.50 bits per heavy atom. The molecule has 2 heterocycles. The topological polar surface area (TPSA) is 63.7 Å². The second-order valence-corrected chi connectivity index (χ2v) is 7.61. The van der Waals surface area contributed by atoms with E-state index in [0.29, 0.717) is 36.2 Å². The van der Waals surface area contributed by atoms with Crippen LogP contribution in [0.3, 0.4) is 0 Å². The number of amides is 1. The minimum absolute atomic E-state index is 0.0274. The van der Waals surface area contributed by atoms with Crippen molar-refractivity contribution in [3.8, 4) is 11.5 Å². The number of hydrogen-bond acceptors (Lipinski definition) is 5. The Bertz CT molecular complexity index is 1060. The number of aryl methyl sites for hydroxylation is 1. The van der Waals surface area contributed by atoms with E-state index in [1.54, 1.807) is 32.4 Å². The highest BCUT2D eigenvalue weighted by Gasteiger charge is 2.24. The van der Waals surface area contributed by atoms with Crippen molar-refractivity contribution in [1.29, 1.82) is 0 Å². The van der Waals surface area contributed by atoms with Gasteiger partial charge in [-0.25, -0.2) is 0 Å². The number of ether oxygens (including phenoxy) is 2. The minimum Gasteiger partial charge on any atom is -0.493 e. The molecule has 2 aromatic carbocycles. The summed E-state index contributed by atoms with van der Waals surface area (Å²) in [5.41, 5.74) is 3.73. The Morgan fingerprint density at radius 2 is 1.77 bits per heavy atom. The van der Waals surface area contributed by atoms with Crippen molar-refractivity contribution in [3.05, 3.63) is 59.8 Å². The van der Waals surface area contributed by atoms with Crippen LogP contribution in [0, 0.1) is 6.92 Å². The maximum Gasteiger partial charge on any atom is 0.253 e. The molecular formula is C24H27N3O3. The standard InChI is InChI=1S/C24H27N3O3/c1-16-14-21(19-6-4-5-7-20(19)25-16)26-18-10-12-27(13-11-18)24(28)17-8-9-22(29-2)23(15-17)30-3/h4-9,14-15,18H,10-13H2,1-3H3,(H,25,26). The molecule has 0 spiro atoms. The first-order valence-corrected chi connectivity index (χ1v) is 10.2. The number of carbonyl (C=O) groups excluding carboxylic acids is 1. The van der Waals surface area contributed by atoms with Crippen LogP contribution in [0.4, 0.5) is 5.69 Å². The van der Waals surface area contributed by atoms with Crippen LogP contribution in [-0.4, -0.2) is 49.1 Å². The van der Waals surface area contributed by atoms with Gasteiger partial charge in [0.1, 0.15) is 0 Å². The quantitative estimate of drug-likeness (QED) is 0.687. The number of aromatic nitrogens is 1. The minimum atomic E-state index is 0.0274. The lowest BCUT2D eigenvalue weighted by Gasteiger charge is -2.33. The van der Waals surface area contributed by atoms with Crippen molar-refractivity contribution in [1.82, 2.24) is 9.88 Å². The molecule has 0 saturated carbocycles. The second-order valence-electron chi connectivity index (χ2n) is 7.61. The van der Waals surface area contributed by atoms with Gasteiger partial charge in [0.05, 0.1) is 19.7 Å². The number of nitrogens with one attached hydrogen (secondary N) is 1. The van der Waals surface area contributed by atoms with Crippen molar-refractivity contribution in [2.75, 3.05) is 32.6 Å². The molecule has 1 saturated heterocycles. The zero-order valence-electron chi connectivity index (χ0n) is 17.6. The molecule has 0 radical (unpaired) electrons. The molecule has 156 valence electrons. The third kappa shape index (κ3) is 4.03. The number of benzene rings is 2. The van der Waals surface area contributed by atoms with Gasteiger partial charge in [-0.1, -0.05) is 18.2 Å². The molecule has 0 bridgehead atoms. The number of rotatable bonds is 5. The Balaban J connectivity index is 1.43. The number of likely N-dealkylation sites (tertiary alicyclic amines) is 1. The number of methoxy groups -OCH3 is 2. The summed E-state index contributed by atoms with van der Waals surface area (Å²) < 4.78 is 10.6. The molecule has 0 unspecified atom stereocenters. The molecule has 0 aliphatic carbocycles. The molecular weight excluding hydrogens is 378 g/mol. The third-order valence-corrected chi connectivity index (χ3v) is 5.62. The van der Waals surface area contributed by atoms with E-state index in [2.05, 4.69) is 22.4 Å². The van der Waals surface area contributed by atoms with Crippen molar-refractivity contribution in [3.63, 3.8) is 0 Å². The zero-order chi connectivity index (χ0) is 21.1. The number of hydrogen-bond donors (Lipinski definition) is 1. The lowest BCUT2D eigenvalue weighted by Crippen LogP contribution is -2.42. The van der Waals surface area contributed by atoms with Crippen molar-refractivity contribution in [2.45, 2.75) is 25.8 Å². The molecule has 1 aliphatic rings. The van der Waals surface area contributed by atoms with E-state index in [1.165, 1.54) is 0 Å². The molecule has 1 aliphatic heterocycles. The molecule has 1 amide bonds. The summed E-state index contributed by atoms with van der Waals surface area (Å²) in [5, 5.41) is 4.81. The molecule has 1 fully saturated rings. The zero-order valence-corrected chi connectivity index (χ0v) is 17.6. The van der Waals surface area contributed by atoms with E-state index < -0.39 is 0 Å². The van der Waals surface area contributed by atoms with Crippen LogP contribution in [-0.2, 0) is 0 Å². The number of pyridine rings is 1. The summed E-state index contributed by atoms with van der Waals surface area (Å²) >= 11 is 0. The highest BCUT2D eigenvalue weighted by atomic mass is 16.5. The average Bonchev–Trinajstić information content (AvgIpc) is 2.78. The van der Waals surface area contributed by atoms with E-state index in [1.807, 2.05) is 30.0 Å². The van der Waals surface area contributed by atoms with Gasteiger partial charge < -0.3 is 19.7 Å². The van der Waals surface area contributed by atoms with Gasteiger partial charge in [0.2, 0.25) is 0 Å². The monoisotopic (exact) mass is 405 g/mol. The molecule has 0 atom stereocenters. The van der Waals surface area contributed by atoms with Gasteiger partial charge in [-0.2, -0.15) is 0 Å². The van der Waals surface area contributed by atoms with Gasteiger partial charge in [-0.05, 0) is 50.1 Å². The Hall–Kier alpha value is -3.28. The average molecular weight is 405 g/mol. The predicted octanol–water partition coefficient (Wildman–Crippen LogP) is 4.28. The first-order valence-electron chi connectivity index (χ1n) is 10.2. The van der Waals surface area contributed by atoms with Crippen LogP contribution in [0.15, 0.2) is 48.5 Å². The maximum atomic E-state index is 13.0. The van der Waals surface area contributed by atoms with Crippen LogP contribution < -0.4 is 14.8 Å². The fraction of sp³-hybridized carbons (Fsp3) is 0.333. The van der Waals surface area contributed by atoms with Crippen LogP contribution >= 0.6 is 0 Å². The van der Waals surface area contributed by atoms with E-state index in [-0.39, 0.29) is 5.91 Å². The van der Waals surface area contributed by atoms with Crippen LogP contribution in [0.2, 0.25) is 0 Å². The Morgan fingerprint density at radius 1 is 1.03 bits per heavy atom. The van der Waals surface area contributed by atoms with Gasteiger partial charge in [0.15, 0.2) is 11.5 Å². The van der Waals surface area contributed by atoms with Crippen molar-refractivity contribution in [2.24, 2.45) is 0 Å². The largest absolute Gasteiger partial charge is 0.493 e. The van der Waals surface area contributed by atoms with Crippen molar-refractivity contribution < 1.29 is 14.3 Å². The van der Waals surface area contributed by atoms with E-state index >= 15 is 0 Å². The van der Waals surface area contributed by atoms with E-state index in [4.69, 9.17) is 9.47 Å². The highest BCUT2D eigenvalue weighted by Crippen LogP contribution is 2.29. The number of fused-ring (bicyclic) bond motifs is 1. The molecule has 3 aromatic rings. The van der Waals surface area contributed by atoms with Crippen LogP contribution in [0.25, 0.3) is 10.9 Å². The summed E-state index contributed by atoms with van der Waals surface area (Å²) in [6.45, 7) is 3.45. The maximum absolute atomic E-state index is 13.0. The highest BCUT2D eigenvalue weighted by molar-refractivity contribution is 5.95. The summed E-state index contributed by atoms with van der Waals surface area (Å²) in [4.78, 5) is 19.5. The first-order chi connectivity index (χ1) is 14.6. The summed E-state index contributed by atoms with van der Waals surface area (Å²) in [6.07, 6.45) is 1.80. The van der Waals surface area contributed by atoms with E-state index in [0.717, 1.165) is 35.1 Å². The Labute approximate surface area is 176 Å². The van der Waals surface area contributed by atoms with Gasteiger partial charge in [0, 0.05) is 41.5 Å². The molecule has 1 N–H and O–H groups in total. The SMILES string of the molecule is COc1ccc(C(=O)N2CCC(Nc3cc(C)nc4ccccc34)CC2)cc1OC. The predicted molar refractivity (Wildman–Crippen MR) is 119 cm³/mol. The molecule has 6 heteroatoms. The van der Waals surface area contributed by atoms with Gasteiger partial charge in [-0.3, -0.25) is 9.78 Å². The fourth-order valence-electron chi connectivity index (χ4n) is 4.03. The number of anilines is 1. The lowest BCUT2D eigenvalue weighted by molar-refractivity contribution is 0.0718. The van der Waals surface area contributed by atoms with Gasteiger partial charge >= 0.3 is 0 Å². The molecule has 4 rings (SSSR count). The number of carbonyl (C=O) groups is 1. The van der Waals surface area contributed by atoms with E-state index in [9.17, 15) is 4.79 Å². The fourth-order valence-corrected chi connectivity index (χ4v) is 4.03. The summed E-state index contributed by atoms with van der Waals surface area (Å²) in [7, 11) is 3.17. The van der Waals surface area contributed by atoms with Crippen molar-refractivity contribution >= 4 is 22.5 Å². The van der Waals surface area contributed by atoms with Crippen LogP contribution in [0.5, 0.6) is 11.5 Å². The smallest absolute Gasteiger partial charge is 0.253 e. The third-order valence-electron chi connectivity index (χ3n) is 5.62. The van der Waals surface area contributed by atoms with Gasteiger partial charge in [-0.15, -0.1) is 0 Å². The molecule has 30 heavy (non-hydrogen) atoms. The normalized spacial score (nSPS) is 14.6. The van der Waals surface area contributed by atoms with Crippen LogP contribution in [0.1, 0.15) is 28.9 Å². The molecule has 6 nitrogen and oxygen atoms in total. The summed E-state index contributed by atoms with van der Waals surface area (Å²) in [5.74, 6) is 1.22. The first kappa shape index (κ1) is 20.0. The second kappa shape index (κ2) is 8.61. The Kier molecular flexibility index (Phi) is 5.74.